The standard InChI is InChI=1S/C4H5BrO3/c5-4-2(8-4)1-3(6)7/h2,4H,1H2,(H,6,7). The van der Waals surface area contributed by atoms with Crippen molar-refractivity contribution < 1.29 is 14.6 Å². The van der Waals surface area contributed by atoms with Crippen LogP contribution < -0.4 is 0 Å². The summed E-state index contributed by atoms with van der Waals surface area (Å²) in [6, 6.07) is 0. The van der Waals surface area contributed by atoms with Crippen molar-refractivity contribution in [2.75, 3.05) is 0 Å². The van der Waals surface area contributed by atoms with Crippen LogP contribution >= 0.6 is 15.9 Å². The molecule has 0 aromatic carbocycles. The minimum atomic E-state index is -0.808. The van der Waals surface area contributed by atoms with Gasteiger partial charge in [0.05, 0.1) is 6.42 Å². The third kappa shape index (κ3) is 1.45. The number of hydrogen-bond acceptors (Lipinski definition) is 2. The number of carbonyl (C=O) groups is 1. The maximum atomic E-state index is 9.89. The molecule has 1 aliphatic heterocycles. The van der Waals surface area contributed by atoms with Crippen LogP contribution in [-0.2, 0) is 9.53 Å². The second-order valence-electron chi connectivity index (χ2n) is 1.62. The van der Waals surface area contributed by atoms with Gasteiger partial charge in [-0.2, -0.15) is 0 Å². The third-order valence-corrected chi connectivity index (χ3v) is 1.70. The van der Waals surface area contributed by atoms with E-state index in [9.17, 15) is 4.79 Å². The summed E-state index contributed by atoms with van der Waals surface area (Å²) in [7, 11) is 0. The number of halogens is 1. The molecular formula is C4H5BrO3. The number of carboxylic acids is 1. The lowest BCUT2D eigenvalue weighted by Crippen LogP contribution is -2.00. The first kappa shape index (κ1) is 6.04. The maximum Gasteiger partial charge on any atom is 0.306 e. The molecule has 4 heteroatoms. The SMILES string of the molecule is O=C(O)CC1OC1Br. The summed E-state index contributed by atoms with van der Waals surface area (Å²) in [5, 5.41) is 8.13. The first-order chi connectivity index (χ1) is 3.70. The van der Waals surface area contributed by atoms with Crippen molar-refractivity contribution in [3.8, 4) is 0 Å². The fraction of sp³-hybridized carbons (Fsp3) is 0.750. The van der Waals surface area contributed by atoms with E-state index in [4.69, 9.17) is 9.84 Å². The van der Waals surface area contributed by atoms with Crippen LogP contribution in [0.25, 0.3) is 0 Å². The predicted molar refractivity (Wildman–Crippen MR) is 29.8 cm³/mol. The van der Waals surface area contributed by atoms with Gasteiger partial charge in [0.2, 0.25) is 0 Å². The van der Waals surface area contributed by atoms with Crippen LogP contribution in [0, 0.1) is 0 Å². The molecule has 0 amide bonds. The van der Waals surface area contributed by atoms with Gasteiger partial charge < -0.3 is 9.84 Å². The van der Waals surface area contributed by atoms with Crippen molar-refractivity contribution in [2.24, 2.45) is 0 Å². The van der Waals surface area contributed by atoms with Gasteiger partial charge in [-0.15, -0.1) is 0 Å². The summed E-state index contributed by atoms with van der Waals surface area (Å²) < 4.78 is 4.76. The van der Waals surface area contributed by atoms with Gasteiger partial charge in [0.1, 0.15) is 11.1 Å². The average molecular weight is 181 g/mol. The molecule has 8 heavy (non-hydrogen) atoms. The second-order valence-corrected chi connectivity index (χ2v) is 2.53. The Morgan fingerprint density at radius 3 is 2.50 bits per heavy atom. The highest BCUT2D eigenvalue weighted by Gasteiger charge is 2.37. The molecule has 1 saturated heterocycles. The summed E-state index contributed by atoms with van der Waals surface area (Å²) in [4.78, 5) is 9.89. The highest BCUT2D eigenvalue weighted by molar-refractivity contribution is 9.09. The zero-order valence-corrected chi connectivity index (χ0v) is 5.59. The van der Waals surface area contributed by atoms with Crippen molar-refractivity contribution in [3.63, 3.8) is 0 Å². The molecule has 1 rings (SSSR count). The molecular weight excluding hydrogens is 176 g/mol. The van der Waals surface area contributed by atoms with Gasteiger partial charge in [0, 0.05) is 0 Å². The van der Waals surface area contributed by atoms with Crippen LogP contribution in [0.15, 0.2) is 0 Å². The Balaban J connectivity index is 2.14. The molecule has 0 aromatic rings. The van der Waals surface area contributed by atoms with Gasteiger partial charge in [-0.3, -0.25) is 4.79 Å². The van der Waals surface area contributed by atoms with E-state index < -0.39 is 5.97 Å². The van der Waals surface area contributed by atoms with Gasteiger partial charge in [-0.05, 0) is 0 Å². The number of aliphatic carboxylic acids is 1. The minimum absolute atomic E-state index is 0.0152. The van der Waals surface area contributed by atoms with Crippen molar-refractivity contribution in [1.82, 2.24) is 0 Å². The van der Waals surface area contributed by atoms with Crippen LogP contribution in [0.4, 0.5) is 0 Å². The molecule has 0 saturated carbocycles. The third-order valence-electron chi connectivity index (χ3n) is 0.896. The summed E-state index contributed by atoms with van der Waals surface area (Å²) in [6.07, 6.45) is 0.0168. The number of ether oxygens (including phenoxy) is 1. The Morgan fingerprint density at radius 1 is 1.88 bits per heavy atom. The molecule has 2 unspecified atom stereocenters. The normalized spacial score (nSPS) is 34.6. The summed E-state index contributed by atoms with van der Waals surface area (Å²) in [5.41, 5.74) is 0. The molecule has 1 heterocycles. The predicted octanol–water partition coefficient (Wildman–Crippen LogP) is 0.581. The lowest BCUT2D eigenvalue weighted by molar-refractivity contribution is -0.137. The van der Waals surface area contributed by atoms with E-state index in [1.165, 1.54) is 0 Å². The number of hydrogen-bond donors (Lipinski definition) is 1. The smallest absolute Gasteiger partial charge is 0.306 e. The van der Waals surface area contributed by atoms with Crippen LogP contribution in [0.1, 0.15) is 6.42 Å². The summed E-state index contributed by atoms with van der Waals surface area (Å²) in [5.74, 6) is -0.808. The van der Waals surface area contributed by atoms with Gasteiger partial charge in [0.15, 0.2) is 0 Å². The van der Waals surface area contributed by atoms with Crippen LogP contribution in [0.3, 0.4) is 0 Å². The first-order valence-electron chi connectivity index (χ1n) is 2.21. The van der Waals surface area contributed by atoms with Gasteiger partial charge in [0.25, 0.3) is 0 Å². The van der Waals surface area contributed by atoms with Crippen LogP contribution in [0.2, 0.25) is 0 Å². The lowest BCUT2D eigenvalue weighted by atomic mass is 10.3. The molecule has 0 aliphatic carbocycles. The molecule has 0 aromatic heterocycles. The Kier molecular flexibility index (Phi) is 1.53. The molecule has 1 N–H and O–H groups in total. The zero-order valence-electron chi connectivity index (χ0n) is 4.00. The molecule has 0 bridgehead atoms. The van der Waals surface area contributed by atoms with E-state index in [1.807, 2.05) is 0 Å². The number of rotatable bonds is 2. The van der Waals surface area contributed by atoms with Crippen molar-refractivity contribution in [1.29, 1.82) is 0 Å². The van der Waals surface area contributed by atoms with Crippen LogP contribution in [-0.4, -0.2) is 22.2 Å². The van der Waals surface area contributed by atoms with E-state index in [1.54, 1.807) is 0 Å². The topological polar surface area (TPSA) is 49.8 Å². The lowest BCUT2D eigenvalue weighted by Gasteiger charge is -1.81. The second kappa shape index (κ2) is 2.03. The van der Waals surface area contributed by atoms with E-state index in [0.29, 0.717) is 0 Å². The molecule has 3 nitrogen and oxygen atoms in total. The molecule has 0 radical (unpaired) electrons. The van der Waals surface area contributed by atoms with Crippen molar-refractivity contribution in [3.05, 3.63) is 0 Å². The molecule has 1 fully saturated rings. The van der Waals surface area contributed by atoms with Crippen LogP contribution in [0.5, 0.6) is 0 Å². The number of epoxide rings is 1. The molecule has 46 valence electrons. The summed E-state index contributed by atoms with van der Waals surface area (Å²) in [6.45, 7) is 0. The van der Waals surface area contributed by atoms with E-state index in [0.717, 1.165) is 0 Å². The first-order valence-corrected chi connectivity index (χ1v) is 3.13. The van der Waals surface area contributed by atoms with E-state index in [-0.39, 0.29) is 17.5 Å². The molecule has 0 spiro atoms. The zero-order chi connectivity index (χ0) is 6.15. The number of alkyl halides is 1. The molecule has 2 atom stereocenters. The highest BCUT2D eigenvalue weighted by Crippen LogP contribution is 2.30. The quantitative estimate of drug-likeness (QED) is 0.500. The van der Waals surface area contributed by atoms with E-state index >= 15 is 0 Å². The average Bonchev–Trinajstić information content (AvgIpc) is 2.17. The fourth-order valence-corrected chi connectivity index (χ4v) is 0.899. The van der Waals surface area contributed by atoms with E-state index in [2.05, 4.69) is 15.9 Å². The highest BCUT2D eigenvalue weighted by atomic mass is 79.9. The van der Waals surface area contributed by atoms with Crippen molar-refractivity contribution in [2.45, 2.75) is 17.5 Å². The van der Waals surface area contributed by atoms with Gasteiger partial charge in [-0.25, -0.2) is 0 Å². The monoisotopic (exact) mass is 180 g/mol. The summed E-state index contributed by atoms with van der Waals surface area (Å²) >= 11 is 3.09. The van der Waals surface area contributed by atoms with Gasteiger partial charge >= 0.3 is 5.97 Å². The minimum Gasteiger partial charge on any atom is -0.481 e. The largest absolute Gasteiger partial charge is 0.481 e. The Morgan fingerprint density at radius 2 is 2.38 bits per heavy atom. The Bertz CT molecular complexity index is 114. The number of carboxylic acid groups (broad SMARTS) is 1. The van der Waals surface area contributed by atoms with Crippen molar-refractivity contribution >= 4 is 21.9 Å². The Hall–Kier alpha value is -0.0900. The fourth-order valence-electron chi connectivity index (χ4n) is 0.434. The molecule has 1 aliphatic rings. The maximum absolute atomic E-state index is 9.89. The van der Waals surface area contributed by atoms with Gasteiger partial charge in [-0.1, -0.05) is 15.9 Å². The Labute approximate surface area is 54.8 Å².